The van der Waals surface area contributed by atoms with Gasteiger partial charge in [0.1, 0.15) is 6.04 Å². The highest BCUT2D eigenvalue weighted by Gasteiger charge is 2.18. The van der Waals surface area contributed by atoms with E-state index < -0.39 is 12.0 Å². The predicted octanol–water partition coefficient (Wildman–Crippen LogP) is 2.60. The van der Waals surface area contributed by atoms with Gasteiger partial charge in [-0.25, -0.2) is 9.67 Å². The molecule has 0 saturated carbocycles. The molecular formula is C16H24N4O2. The summed E-state index contributed by atoms with van der Waals surface area (Å²) in [4.78, 5) is 15.7. The molecule has 0 spiro atoms. The Bertz CT molecular complexity index is 649. The molecule has 2 rings (SSSR count). The number of fused-ring (bicyclic) bond motifs is 1. The maximum Gasteiger partial charge on any atom is 0.320 e. The molecule has 2 heterocycles. The van der Waals surface area contributed by atoms with Crippen LogP contribution in [0.2, 0.25) is 0 Å². The molecule has 0 aromatic carbocycles. The Morgan fingerprint density at radius 2 is 2.05 bits per heavy atom. The van der Waals surface area contributed by atoms with Crippen molar-refractivity contribution in [3.05, 3.63) is 24.0 Å². The van der Waals surface area contributed by atoms with Crippen LogP contribution >= 0.6 is 0 Å². The summed E-state index contributed by atoms with van der Waals surface area (Å²) in [6, 6.07) is 1.74. The first kappa shape index (κ1) is 16.4. The van der Waals surface area contributed by atoms with E-state index in [1.165, 1.54) is 0 Å². The molecule has 0 radical (unpaired) electrons. The molecule has 2 aromatic heterocycles. The number of carbonyl (C=O) groups is 1. The van der Waals surface area contributed by atoms with E-state index in [0.29, 0.717) is 18.9 Å². The summed E-state index contributed by atoms with van der Waals surface area (Å²) >= 11 is 0. The third-order valence-electron chi connectivity index (χ3n) is 3.54. The molecule has 6 nitrogen and oxygen atoms in total. The van der Waals surface area contributed by atoms with Gasteiger partial charge in [-0.3, -0.25) is 4.79 Å². The lowest BCUT2D eigenvalue weighted by Gasteiger charge is -2.16. The van der Waals surface area contributed by atoms with Crippen molar-refractivity contribution in [3.8, 4) is 0 Å². The van der Waals surface area contributed by atoms with Crippen molar-refractivity contribution >= 4 is 17.0 Å². The van der Waals surface area contributed by atoms with E-state index in [0.717, 1.165) is 16.6 Å². The fourth-order valence-electron chi connectivity index (χ4n) is 2.44. The summed E-state index contributed by atoms with van der Waals surface area (Å²) in [5.41, 5.74) is 1.82. The quantitative estimate of drug-likeness (QED) is 0.822. The fraction of sp³-hybridized carbons (Fsp3) is 0.562. The average Bonchev–Trinajstić information content (AvgIpc) is 2.85. The van der Waals surface area contributed by atoms with Crippen LogP contribution in [0.1, 0.15) is 45.7 Å². The van der Waals surface area contributed by atoms with Gasteiger partial charge in [-0.05, 0) is 37.8 Å². The monoisotopic (exact) mass is 304 g/mol. The third kappa shape index (κ3) is 3.82. The van der Waals surface area contributed by atoms with Gasteiger partial charge in [0.15, 0.2) is 5.65 Å². The van der Waals surface area contributed by atoms with Crippen LogP contribution in [0.15, 0.2) is 18.5 Å². The Morgan fingerprint density at radius 1 is 1.32 bits per heavy atom. The predicted molar refractivity (Wildman–Crippen MR) is 85.6 cm³/mol. The number of aromatic nitrogens is 3. The molecule has 0 bridgehead atoms. The minimum atomic E-state index is -0.810. The van der Waals surface area contributed by atoms with Crippen LogP contribution < -0.4 is 5.32 Å². The Labute approximate surface area is 130 Å². The molecular weight excluding hydrogens is 280 g/mol. The minimum Gasteiger partial charge on any atom is -0.480 e. The number of aliphatic carboxylic acids is 1. The Hall–Kier alpha value is -1.95. The van der Waals surface area contributed by atoms with Crippen molar-refractivity contribution in [1.82, 2.24) is 20.1 Å². The highest BCUT2D eigenvalue weighted by Crippen LogP contribution is 2.17. The molecule has 0 fully saturated rings. The van der Waals surface area contributed by atoms with Crippen LogP contribution in [0.3, 0.4) is 0 Å². The number of pyridine rings is 1. The molecule has 2 N–H and O–H groups in total. The summed E-state index contributed by atoms with van der Waals surface area (Å²) in [7, 11) is 0. The fourth-order valence-corrected chi connectivity index (χ4v) is 2.44. The van der Waals surface area contributed by atoms with E-state index in [1.54, 1.807) is 12.4 Å². The zero-order valence-corrected chi connectivity index (χ0v) is 13.6. The van der Waals surface area contributed by atoms with Crippen LogP contribution in [-0.2, 0) is 11.3 Å². The summed E-state index contributed by atoms with van der Waals surface area (Å²) < 4.78 is 1.88. The second kappa shape index (κ2) is 6.87. The van der Waals surface area contributed by atoms with E-state index in [-0.39, 0.29) is 6.04 Å². The zero-order chi connectivity index (χ0) is 16.3. The van der Waals surface area contributed by atoms with Crippen LogP contribution in [0.4, 0.5) is 0 Å². The molecule has 120 valence electrons. The lowest BCUT2D eigenvalue weighted by molar-refractivity contribution is -0.140. The van der Waals surface area contributed by atoms with Gasteiger partial charge in [-0.1, -0.05) is 13.8 Å². The number of hydrogen-bond acceptors (Lipinski definition) is 4. The van der Waals surface area contributed by atoms with Gasteiger partial charge < -0.3 is 10.4 Å². The molecule has 6 heteroatoms. The zero-order valence-electron chi connectivity index (χ0n) is 13.6. The van der Waals surface area contributed by atoms with Crippen LogP contribution in [0.5, 0.6) is 0 Å². The minimum absolute atomic E-state index is 0.261. The van der Waals surface area contributed by atoms with Gasteiger partial charge in [0.25, 0.3) is 0 Å². The Morgan fingerprint density at radius 3 is 2.64 bits per heavy atom. The molecule has 22 heavy (non-hydrogen) atoms. The first-order valence-corrected chi connectivity index (χ1v) is 7.66. The molecule has 0 amide bonds. The first-order chi connectivity index (χ1) is 10.4. The first-order valence-electron chi connectivity index (χ1n) is 7.66. The number of carboxylic acid groups (broad SMARTS) is 1. The lowest BCUT2D eigenvalue weighted by Crippen LogP contribution is -2.37. The Kier molecular flexibility index (Phi) is 5.13. The van der Waals surface area contributed by atoms with Crippen LogP contribution in [-0.4, -0.2) is 31.9 Å². The number of rotatable bonds is 7. The topological polar surface area (TPSA) is 80.0 Å². The van der Waals surface area contributed by atoms with Crippen molar-refractivity contribution in [2.75, 3.05) is 0 Å². The number of nitrogens with one attached hydrogen (secondary N) is 1. The maximum absolute atomic E-state index is 11.3. The molecule has 0 aliphatic heterocycles. The van der Waals surface area contributed by atoms with E-state index >= 15 is 0 Å². The number of nitrogens with zero attached hydrogens (tertiary/aromatic N) is 3. The molecule has 1 atom stereocenters. The number of hydrogen-bond donors (Lipinski definition) is 2. The maximum atomic E-state index is 11.3. The van der Waals surface area contributed by atoms with E-state index in [2.05, 4.69) is 29.2 Å². The van der Waals surface area contributed by atoms with E-state index in [1.807, 2.05) is 24.6 Å². The average molecular weight is 304 g/mol. The van der Waals surface area contributed by atoms with Gasteiger partial charge in [0.2, 0.25) is 0 Å². The van der Waals surface area contributed by atoms with Gasteiger partial charge in [0.05, 0.1) is 6.20 Å². The van der Waals surface area contributed by atoms with Gasteiger partial charge >= 0.3 is 5.97 Å². The molecule has 2 aromatic rings. The normalized spacial score (nSPS) is 13.2. The summed E-state index contributed by atoms with van der Waals surface area (Å²) in [6.07, 6.45) is 4.19. The van der Waals surface area contributed by atoms with Gasteiger partial charge in [-0.15, -0.1) is 0 Å². The third-order valence-corrected chi connectivity index (χ3v) is 3.54. The van der Waals surface area contributed by atoms with Crippen molar-refractivity contribution in [3.63, 3.8) is 0 Å². The van der Waals surface area contributed by atoms with Crippen LogP contribution in [0.25, 0.3) is 11.0 Å². The van der Waals surface area contributed by atoms with Crippen molar-refractivity contribution in [2.45, 2.75) is 52.7 Å². The van der Waals surface area contributed by atoms with E-state index in [9.17, 15) is 9.90 Å². The second-order valence-electron chi connectivity index (χ2n) is 6.34. The highest BCUT2D eigenvalue weighted by molar-refractivity contribution is 5.75. The van der Waals surface area contributed by atoms with Gasteiger partial charge in [-0.2, -0.15) is 5.10 Å². The lowest BCUT2D eigenvalue weighted by atomic mass is 10.0. The number of carboxylic acids is 1. The van der Waals surface area contributed by atoms with Crippen molar-refractivity contribution in [1.29, 1.82) is 0 Å². The summed E-state index contributed by atoms with van der Waals surface area (Å²) in [5.74, 6) is -0.478. The molecule has 0 saturated heterocycles. The standard InChI is InChI=1S/C16H24N4O2/c1-10(2)5-14(16(21)22)17-7-12-6-13-9-19-20(11(3)4)15(13)18-8-12/h6,8-11,14,17H,5,7H2,1-4H3,(H,21,22)/t14-/m0/s1. The van der Waals surface area contributed by atoms with Gasteiger partial charge in [0, 0.05) is 24.2 Å². The highest BCUT2D eigenvalue weighted by atomic mass is 16.4. The van der Waals surface area contributed by atoms with Crippen LogP contribution in [0, 0.1) is 5.92 Å². The summed E-state index contributed by atoms with van der Waals surface area (Å²) in [5, 5.41) is 17.7. The van der Waals surface area contributed by atoms with E-state index in [4.69, 9.17) is 0 Å². The summed E-state index contributed by atoms with van der Waals surface area (Å²) in [6.45, 7) is 8.65. The Balaban J connectivity index is 2.10. The van der Waals surface area contributed by atoms with Crippen molar-refractivity contribution < 1.29 is 9.90 Å². The largest absolute Gasteiger partial charge is 0.480 e. The second-order valence-corrected chi connectivity index (χ2v) is 6.34. The van der Waals surface area contributed by atoms with Crippen molar-refractivity contribution in [2.24, 2.45) is 5.92 Å². The molecule has 0 aliphatic carbocycles. The molecule has 0 unspecified atom stereocenters. The smallest absolute Gasteiger partial charge is 0.320 e. The SMILES string of the molecule is CC(C)C[C@H](NCc1cnc2c(cnn2C(C)C)c1)C(=O)O. The molecule has 0 aliphatic rings.